The quantitative estimate of drug-likeness (QED) is 0.798. The molecule has 1 aromatic rings. The Bertz CT molecular complexity index is 444. The Morgan fingerprint density at radius 3 is 2.16 bits per heavy atom. The van der Waals surface area contributed by atoms with E-state index in [2.05, 4.69) is 5.32 Å². The molecule has 1 aromatic carbocycles. The van der Waals surface area contributed by atoms with Gasteiger partial charge in [0, 0.05) is 12.6 Å². The lowest BCUT2D eigenvalue weighted by Crippen LogP contribution is -2.19. The van der Waals surface area contributed by atoms with Gasteiger partial charge in [-0.05, 0) is 30.7 Å². The van der Waals surface area contributed by atoms with Crippen molar-refractivity contribution in [2.45, 2.75) is 6.92 Å². The summed E-state index contributed by atoms with van der Waals surface area (Å²) in [4.78, 5) is 11.4. The first-order valence-corrected chi connectivity index (χ1v) is 5.92. The maximum absolute atomic E-state index is 11.4. The zero-order valence-electron chi connectivity index (χ0n) is 11.6. The number of hydrogen-bond donors (Lipinski definition) is 1. The predicted molar refractivity (Wildman–Crippen MR) is 73.8 cm³/mol. The smallest absolute Gasteiger partial charge is 0.243 e. The van der Waals surface area contributed by atoms with Crippen LogP contribution in [-0.4, -0.2) is 33.8 Å². The summed E-state index contributed by atoms with van der Waals surface area (Å²) in [7, 11) is 4.65. The van der Waals surface area contributed by atoms with E-state index >= 15 is 0 Å². The van der Waals surface area contributed by atoms with Crippen LogP contribution in [0.2, 0.25) is 0 Å². The van der Waals surface area contributed by atoms with Crippen LogP contribution in [-0.2, 0) is 4.79 Å². The maximum atomic E-state index is 11.4. The molecule has 1 rings (SSSR count). The van der Waals surface area contributed by atoms with Crippen LogP contribution in [0.1, 0.15) is 12.5 Å². The third kappa shape index (κ3) is 3.91. The van der Waals surface area contributed by atoms with Crippen molar-refractivity contribution in [2.24, 2.45) is 0 Å². The molecule has 0 bridgehead atoms. The summed E-state index contributed by atoms with van der Waals surface area (Å²) in [5, 5.41) is 2.68. The third-order valence-electron chi connectivity index (χ3n) is 2.47. The Balaban J connectivity index is 3.06. The predicted octanol–water partition coefficient (Wildman–Crippen LogP) is 1.86. The molecule has 0 fully saturated rings. The number of carbonyl (C=O) groups excluding carboxylic acids is 1. The lowest BCUT2D eigenvalue weighted by atomic mass is 10.1. The van der Waals surface area contributed by atoms with Crippen LogP contribution in [0.15, 0.2) is 18.2 Å². The van der Waals surface area contributed by atoms with Crippen molar-refractivity contribution < 1.29 is 19.0 Å². The number of benzene rings is 1. The molecule has 0 saturated carbocycles. The largest absolute Gasteiger partial charge is 0.493 e. The molecule has 0 radical (unpaired) electrons. The molecule has 0 spiro atoms. The van der Waals surface area contributed by atoms with Gasteiger partial charge >= 0.3 is 0 Å². The lowest BCUT2D eigenvalue weighted by molar-refractivity contribution is -0.116. The Kier molecular flexibility index (Phi) is 5.73. The Hall–Kier alpha value is -2.17. The summed E-state index contributed by atoms with van der Waals surface area (Å²) in [6.07, 6.45) is 3.15. The highest BCUT2D eigenvalue weighted by Gasteiger charge is 2.11. The molecular weight excluding hydrogens is 246 g/mol. The highest BCUT2D eigenvalue weighted by Crippen LogP contribution is 2.38. The first-order chi connectivity index (χ1) is 9.15. The Morgan fingerprint density at radius 1 is 1.16 bits per heavy atom. The molecular formula is C14H19NO4. The van der Waals surface area contributed by atoms with Crippen LogP contribution in [0.4, 0.5) is 0 Å². The molecule has 0 aromatic heterocycles. The molecule has 1 amide bonds. The van der Waals surface area contributed by atoms with Crippen molar-refractivity contribution in [3.05, 3.63) is 23.8 Å². The number of ether oxygens (including phenoxy) is 3. The van der Waals surface area contributed by atoms with Crippen molar-refractivity contribution in [3.8, 4) is 17.2 Å². The highest BCUT2D eigenvalue weighted by atomic mass is 16.5. The molecule has 0 saturated heterocycles. The Morgan fingerprint density at radius 2 is 1.74 bits per heavy atom. The topological polar surface area (TPSA) is 56.8 Å². The van der Waals surface area contributed by atoms with Gasteiger partial charge in [0.1, 0.15) is 0 Å². The van der Waals surface area contributed by atoms with E-state index in [1.165, 1.54) is 6.08 Å². The molecule has 0 aliphatic heterocycles. The molecule has 5 heteroatoms. The zero-order chi connectivity index (χ0) is 14.3. The normalized spacial score (nSPS) is 10.3. The van der Waals surface area contributed by atoms with Crippen molar-refractivity contribution in [1.29, 1.82) is 0 Å². The summed E-state index contributed by atoms with van der Waals surface area (Å²) in [6.45, 7) is 2.46. The van der Waals surface area contributed by atoms with Gasteiger partial charge in [0.15, 0.2) is 11.5 Å². The Labute approximate surface area is 113 Å². The lowest BCUT2D eigenvalue weighted by Gasteiger charge is -2.12. The number of carbonyl (C=O) groups is 1. The second-order valence-corrected chi connectivity index (χ2v) is 3.69. The monoisotopic (exact) mass is 265 g/mol. The second kappa shape index (κ2) is 7.31. The van der Waals surface area contributed by atoms with Crippen LogP contribution in [0.25, 0.3) is 6.08 Å². The number of nitrogens with one attached hydrogen (secondary N) is 1. The van der Waals surface area contributed by atoms with Crippen LogP contribution >= 0.6 is 0 Å². The van der Waals surface area contributed by atoms with E-state index in [-0.39, 0.29) is 5.91 Å². The average Bonchev–Trinajstić information content (AvgIpc) is 2.44. The third-order valence-corrected chi connectivity index (χ3v) is 2.47. The maximum Gasteiger partial charge on any atom is 0.243 e. The average molecular weight is 265 g/mol. The molecule has 0 heterocycles. The standard InChI is InChI=1S/C14H19NO4/c1-5-15-13(16)7-6-10-8-11(17-2)14(19-4)12(9-10)18-3/h6-9H,5H2,1-4H3,(H,15,16)/b7-6+. The fourth-order valence-electron chi connectivity index (χ4n) is 1.60. The number of amides is 1. The van der Waals surface area contributed by atoms with Crippen molar-refractivity contribution in [1.82, 2.24) is 5.32 Å². The zero-order valence-corrected chi connectivity index (χ0v) is 11.6. The summed E-state index contributed by atoms with van der Waals surface area (Å²) in [5.74, 6) is 1.49. The highest BCUT2D eigenvalue weighted by molar-refractivity contribution is 5.91. The molecule has 19 heavy (non-hydrogen) atoms. The van der Waals surface area contributed by atoms with Gasteiger partial charge in [-0.2, -0.15) is 0 Å². The van der Waals surface area contributed by atoms with E-state index < -0.39 is 0 Å². The molecule has 0 aliphatic carbocycles. The summed E-state index contributed by atoms with van der Waals surface area (Å²) >= 11 is 0. The molecule has 5 nitrogen and oxygen atoms in total. The first-order valence-electron chi connectivity index (χ1n) is 5.92. The van der Waals surface area contributed by atoms with Gasteiger partial charge in [-0.3, -0.25) is 4.79 Å². The van der Waals surface area contributed by atoms with Crippen LogP contribution in [0.3, 0.4) is 0 Å². The molecule has 0 aliphatic rings. The van der Waals surface area contributed by atoms with Gasteiger partial charge in [-0.1, -0.05) is 0 Å². The number of hydrogen-bond acceptors (Lipinski definition) is 4. The van der Waals surface area contributed by atoms with Crippen molar-refractivity contribution >= 4 is 12.0 Å². The van der Waals surface area contributed by atoms with Gasteiger partial charge in [0.05, 0.1) is 21.3 Å². The van der Waals surface area contributed by atoms with Crippen molar-refractivity contribution in [3.63, 3.8) is 0 Å². The van der Waals surface area contributed by atoms with Crippen LogP contribution in [0.5, 0.6) is 17.2 Å². The van der Waals surface area contributed by atoms with Crippen LogP contribution in [0, 0.1) is 0 Å². The van der Waals surface area contributed by atoms with Gasteiger partial charge in [0.25, 0.3) is 0 Å². The summed E-state index contributed by atoms with van der Waals surface area (Å²) in [6, 6.07) is 3.55. The number of likely N-dealkylation sites (N-methyl/N-ethyl adjacent to an activating group) is 1. The fourth-order valence-corrected chi connectivity index (χ4v) is 1.60. The molecule has 0 unspecified atom stereocenters. The van der Waals surface area contributed by atoms with E-state index in [4.69, 9.17) is 14.2 Å². The van der Waals surface area contributed by atoms with Crippen molar-refractivity contribution in [2.75, 3.05) is 27.9 Å². The first kappa shape index (κ1) is 14.9. The van der Waals surface area contributed by atoms with E-state index in [0.717, 1.165) is 5.56 Å². The SMILES string of the molecule is CCNC(=O)/C=C/c1cc(OC)c(OC)c(OC)c1. The minimum absolute atomic E-state index is 0.142. The fraction of sp³-hybridized carbons (Fsp3) is 0.357. The molecule has 1 N–H and O–H groups in total. The number of rotatable bonds is 6. The van der Waals surface area contributed by atoms with E-state index in [0.29, 0.717) is 23.8 Å². The molecule has 0 atom stereocenters. The summed E-state index contributed by atoms with van der Waals surface area (Å²) in [5.41, 5.74) is 0.792. The van der Waals surface area contributed by atoms with Gasteiger partial charge < -0.3 is 19.5 Å². The number of methoxy groups -OCH3 is 3. The van der Waals surface area contributed by atoms with Gasteiger partial charge in [-0.25, -0.2) is 0 Å². The van der Waals surface area contributed by atoms with Crippen LogP contribution < -0.4 is 19.5 Å². The molecule has 104 valence electrons. The van der Waals surface area contributed by atoms with E-state index in [9.17, 15) is 4.79 Å². The van der Waals surface area contributed by atoms with Gasteiger partial charge in [0.2, 0.25) is 11.7 Å². The second-order valence-electron chi connectivity index (χ2n) is 3.69. The van der Waals surface area contributed by atoms with E-state index in [1.54, 1.807) is 39.5 Å². The van der Waals surface area contributed by atoms with Gasteiger partial charge in [-0.15, -0.1) is 0 Å². The summed E-state index contributed by atoms with van der Waals surface area (Å²) < 4.78 is 15.7. The minimum Gasteiger partial charge on any atom is -0.493 e. The van der Waals surface area contributed by atoms with E-state index in [1.807, 2.05) is 6.92 Å². The minimum atomic E-state index is -0.142.